The Labute approximate surface area is 135 Å². The van der Waals surface area contributed by atoms with Crippen molar-refractivity contribution in [3.05, 3.63) is 36.3 Å². The van der Waals surface area contributed by atoms with Crippen LogP contribution in [0.1, 0.15) is 29.8 Å². The van der Waals surface area contributed by atoms with Crippen LogP contribution in [-0.4, -0.2) is 57.5 Å². The van der Waals surface area contributed by atoms with Gasteiger partial charge in [0.1, 0.15) is 0 Å². The first-order valence-corrected chi connectivity index (χ1v) is 7.94. The number of nitrogens with zero attached hydrogens (tertiary/aromatic N) is 6. The lowest BCUT2D eigenvalue weighted by molar-refractivity contribution is 0.0576. The lowest BCUT2D eigenvalue weighted by atomic mass is 10.0. The molecular formula is C16H22N6O. The monoisotopic (exact) mass is 314 g/mol. The van der Waals surface area contributed by atoms with Gasteiger partial charge in [-0.3, -0.25) is 9.48 Å². The number of likely N-dealkylation sites (tertiary alicyclic amines) is 1. The Morgan fingerprint density at radius 1 is 1.30 bits per heavy atom. The van der Waals surface area contributed by atoms with Crippen LogP contribution in [0.3, 0.4) is 0 Å². The van der Waals surface area contributed by atoms with Crippen molar-refractivity contribution < 1.29 is 4.79 Å². The summed E-state index contributed by atoms with van der Waals surface area (Å²) in [5, 5.41) is 12.5. The van der Waals surface area contributed by atoms with Crippen molar-refractivity contribution in [2.45, 2.75) is 31.8 Å². The standard InChI is InChI=1S/C16H22N6O/c1-20(2)15-8-7-14(18-19-15)16(23)22-11-4-3-6-13(22)12-21-10-5-9-17-21/h5,7-10,13H,3-4,6,11-12H2,1-2H3/t13-/m1/s1. The summed E-state index contributed by atoms with van der Waals surface area (Å²) in [7, 11) is 3.80. The van der Waals surface area contributed by atoms with Gasteiger partial charge in [-0.25, -0.2) is 0 Å². The topological polar surface area (TPSA) is 67.2 Å². The second kappa shape index (κ2) is 6.76. The van der Waals surface area contributed by atoms with Crippen LogP contribution < -0.4 is 4.90 Å². The predicted molar refractivity (Wildman–Crippen MR) is 87.3 cm³/mol. The maximum absolute atomic E-state index is 12.8. The molecule has 1 amide bonds. The van der Waals surface area contributed by atoms with Crippen LogP contribution in [0.15, 0.2) is 30.6 Å². The maximum Gasteiger partial charge on any atom is 0.274 e. The number of amides is 1. The zero-order valence-corrected chi connectivity index (χ0v) is 13.6. The Hall–Kier alpha value is -2.44. The minimum absolute atomic E-state index is 0.0420. The summed E-state index contributed by atoms with van der Waals surface area (Å²) in [5.74, 6) is 0.702. The van der Waals surface area contributed by atoms with E-state index >= 15 is 0 Å². The summed E-state index contributed by atoms with van der Waals surface area (Å²) in [6.07, 6.45) is 6.86. The van der Waals surface area contributed by atoms with E-state index in [0.29, 0.717) is 5.69 Å². The molecule has 3 rings (SSSR count). The van der Waals surface area contributed by atoms with Crippen LogP contribution in [0.5, 0.6) is 0 Å². The van der Waals surface area contributed by atoms with E-state index < -0.39 is 0 Å². The quantitative estimate of drug-likeness (QED) is 0.854. The largest absolute Gasteiger partial charge is 0.361 e. The summed E-state index contributed by atoms with van der Waals surface area (Å²) >= 11 is 0. The number of piperidine rings is 1. The van der Waals surface area contributed by atoms with E-state index in [9.17, 15) is 4.79 Å². The minimum atomic E-state index is -0.0420. The molecule has 1 atom stereocenters. The summed E-state index contributed by atoms with van der Waals surface area (Å²) in [6.45, 7) is 1.49. The molecule has 0 aliphatic carbocycles. The van der Waals surface area contributed by atoms with Gasteiger partial charge < -0.3 is 9.80 Å². The van der Waals surface area contributed by atoms with Crippen LogP contribution >= 0.6 is 0 Å². The SMILES string of the molecule is CN(C)c1ccc(C(=O)N2CCCC[C@@H]2Cn2cccn2)nn1. The molecule has 1 fully saturated rings. The van der Waals surface area contributed by atoms with E-state index in [1.165, 1.54) is 0 Å². The smallest absolute Gasteiger partial charge is 0.274 e. The third kappa shape index (κ3) is 3.49. The van der Waals surface area contributed by atoms with Gasteiger partial charge in [-0.05, 0) is 37.5 Å². The van der Waals surface area contributed by atoms with Crippen molar-refractivity contribution in [3.8, 4) is 0 Å². The van der Waals surface area contributed by atoms with Crippen LogP contribution in [0.25, 0.3) is 0 Å². The first kappa shape index (κ1) is 15.5. The molecule has 0 saturated carbocycles. The van der Waals surface area contributed by atoms with Crippen molar-refractivity contribution in [2.75, 3.05) is 25.5 Å². The van der Waals surface area contributed by atoms with Gasteiger partial charge in [0.25, 0.3) is 5.91 Å². The lowest BCUT2D eigenvalue weighted by Crippen LogP contribution is -2.46. The highest BCUT2D eigenvalue weighted by atomic mass is 16.2. The number of hydrogen-bond donors (Lipinski definition) is 0. The molecule has 7 heteroatoms. The van der Waals surface area contributed by atoms with E-state index in [0.717, 1.165) is 38.2 Å². The normalized spacial score (nSPS) is 18.0. The first-order chi connectivity index (χ1) is 11.1. The van der Waals surface area contributed by atoms with Gasteiger partial charge in [0.15, 0.2) is 11.5 Å². The van der Waals surface area contributed by atoms with Gasteiger partial charge >= 0.3 is 0 Å². The molecule has 0 N–H and O–H groups in total. The second-order valence-corrected chi connectivity index (χ2v) is 6.05. The average molecular weight is 314 g/mol. The fourth-order valence-corrected chi connectivity index (χ4v) is 2.91. The molecule has 122 valence electrons. The molecule has 1 aliphatic heterocycles. The Bertz CT molecular complexity index is 637. The van der Waals surface area contributed by atoms with Crippen molar-refractivity contribution in [1.29, 1.82) is 0 Å². The van der Waals surface area contributed by atoms with E-state index in [2.05, 4.69) is 15.3 Å². The molecule has 2 aromatic heterocycles. The molecule has 2 aromatic rings. The number of hydrogen-bond acceptors (Lipinski definition) is 5. The van der Waals surface area contributed by atoms with Gasteiger partial charge in [-0.1, -0.05) is 0 Å². The van der Waals surface area contributed by atoms with Gasteiger partial charge in [0.05, 0.1) is 12.6 Å². The number of carbonyl (C=O) groups excluding carboxylic acids is 1. The lowest BCUT2D eigenvalue weighted by Gasteiger charge is -2.35. The summed E-state index contributed by atoms with van der Waals surface area (Å²) in [5.41, 5.74) is 0.406. The number of aromatic nitrogens is 4. The number of anilines is 1. The molecule has 0 spiro atoms. The molecule has 1 saturated heterocycles. The van der Waals surface area contributed by atoms with Crippen molar-refractivity contribution >= 4 is 11.7 Å². The fourth-order valence-electron chi connectivity index (χ4n) is 2.91. The van der Waals surface area contributed by atoms with E-state index in [1.54, 1.807) is 12.3 Å². The molecule has 1 aliphatic rings. The number of rotatable bonds is 4. The molecule has 0 unspecified atom stereocenters. The van der Waals surface area contributed by atoms with Crippen LogP contribution in [0.4, 0.5) is 5.82 Å². The third-order valence-corrected chi connectivity index (χ3v) is 4.17. The minimum Gasteiger partial charge on any atom is -0.361 e. The van der Waals surface area contributed by atoms with Crippen LogP contribution in [0, 0.1) is 0 Å². The highest BCUT2D eigenvalue weighted by Gasteiger charge is 2.28. The maximum atomic E-state index is 12.8. The van der Waals surface area contributed by atoms with Crippen LogP contribution in [0.2, 0.25) is 0 Å². The zero-order valence-electron chi connectivity index (χ0n) is 13.6. The molecule has 23 heavy (non-hydrogen) atoms. The van der Waals surface area contributed by atoms with Gasteiger partial charge in [0.2, 0.25) is 0 Å². The fraction of sp³-hybridized carbons (Fsp3) is 0.500. The molecular weight excluding hydrogens is 292 g/mol. The average Bonchev–Trinajstić information content (AvgIpc) is 3.08. The first-order valence-electron chi connectivity index (χ1n) is 7.94. The Kier molecular flexibility index (Phi) is 4.55. The Balaban J connectivity index is 1.75. The van der Waals surface area contributed by atoms with E-state index in [-0.39, 0.29) is 11.9 Å². The van der Waals surface area contributed by atoms with Gasteiger partial charge in [-0.2, -0.15) is 5.10 Å². The van der Waals surface area contributed by atoms with Crippen molar-refractivity contribution in [2.24, 2.45) is 0 Å². The van der Waals surface area contributed by atoms with Gasteiger partial charge in [-0.15, -0.1) is 10.2 Å². The molecule has 3 heterocycles. The molecule has 0 bridgehead atoms. The molecule has 0 aromatic carbocycles. The third-order valence-electron chi connectivity index (χ3n) is 4.17. The number of carbonyl (C=O) groups is 1. The second-order valence-electron chi connectivity index (χ2n) is 6.05. The Morgan fingerprint density at radius 3 is 2.83 bits per heavy atom. The zero-order chi connectivity index (χ0) is 16.2. The predicted octanol–water partition coefficient (Wildman–Crippen LogP) is 1.43. The highest BCUT2D eigenvalue weighted by molar-refractivity contribution is 5.92. The summed E-state index contributed by atoms with van der Waals surface area (Å²) in [4.78, 5) is 16.6. The summed E-state index contributed by atoms with van der Waals surface area (Å²) < 4.78 is 1.89. The van der Waals surface area contributed by atoms with E-state index in [4.69, 9.17) is 0 Å². The molecule has 7 nitrogen and oxygen atoms in total. The van der Waals surface area contributed by atoms with Gasteiger partial charge in [0, 0.05) is 33.0 Å². The summed E-state index contributed by atoms with van der Waals surface area (Å²) in [6, 6.07) is 5.64. The van der Waals surface area contributed by atoms with E-state index in [1.807, 2.05) is 46.9 Å². The Morgan fingerprint density at radius 2 is 2.17 bits per heavy atom. The van der Waals surface area contributed by atoms with Crippen molar-refractivity contribution in [3.63, 3.8) is 0 Å². The van der Waals surface area contributed by atoms with Crippen LogP contribution in [-0.2, 0) is 6.54 Å². The van der Waals surface area contributed by atoms with Crippen molar-refractivity contribution in [1.82, 2.24) is 24.9 Å². The molecule has 0 radical (unpaired) electrons. The highest BCUT2D eigenvalue weighted by Crippen LogP contribution is 2.20.